The molecule has 0 aliphatic carbocycles. The Balaban J connectivity index is 2.03. The Bertz CT molecular complexity index is 885. The van der Waals surface area contributed by atoms with Crippen LogP contribution in [0, 0.1) is 13.8 Å². The molecule has 142 valence electrons. The van der Waals surface area contributed by atoms with E-state index in [1.807, 2.05) is 13.0 Å². The molecule has 2 aromatic rings. The van der Waals surface area contributed by atoms with Gasteiger partial charge in [-0.25, -0.2) is 4.79 Å². The Labute approximate surface area is 157 Å². The van der Waals surface area contributed by atoms with Crippen LogP contribution in [0.1, 0.15) is 23.9 Å². The van der Waals surface area contributed by atoms with Gasteiger partial charge in [-0.15, -0.1) is 0 Å². The summed E-state index contributed by atoms with van der Waals surface area (Å²) < 4.78 is 6.68. The zero-order chi connectivity index (χ0) is 20.0. The van der Waals surface area contributed by atoms with Gasteiger partial charge in [-0.2, -0.15) is 5.10 Å². The normalized spacial score (nSPS) is 11.0. The van der Waals surface area contributed by atoms with Crippen molar-refractivity contribution in [3.8, 4) is 0 Å². The lowest BCUT2D eigenvalue weighted by molar-refractivity contribution is -0.144. The monoisotopic (exact) mass is 370 g/mol. The predicted molar refractivity (Wildman–Crippen MR) is 101 cm³/mol. The highest BCUT2D eigenvalue weighted by atomic mass is 16.5. The van der Waals surface area contributed by atoms with Gasteiger partial charge in [0, 0.05) is 14.0 Å². The first-order valence-corrected chi connectivity index (χ1v) is 8.29. The lowest BCUT2D eigenvalue weighted by Crippen LogP contribution is -2.29. The number of rotatable bonds is 6. The zero-order valence-electron chi connectivity index (χ0n) is 15.7. The number of carbonyl (C=O) groups is 3. The van der Waals surface area contributed by atoms with Gasteiger partial charge in [-0.1, -0.05) is 30.3 Å². The molecule has 0 radical (unpaired) electrons. The molecule has 8 heteroatoms. The topological polar surface area (TPSA) is 102 Å². The molecule has 0 aliphatic rings. The summed E-state index contributed by atoms with van der Waals surface area (Å²) in [6.45, 7) is 4.39. The van der Waals surface area contributed by atoms with Crippen LogP contribution in [-0.2, 0) is 26.2 Å². The Morgan fingerprint density at radius 3 is 2.41 bits per heavy atom. The van der Waals surface area contributed by atoms with Gasteiger partial charge in [0.1, 0.15) is 5.70 Å². The minimum atomic E-state index is -0.802. The standard InChI is InChI=1S/C19H22N4O4/c1-12-18(13(2)23(4)22-12)21-17(25)11-27-19(26)16(20-14(3)24)10-15-8-6-5-7-9-15/h5-10H,11H2,1-4H3,(H,20,24)(H,21,25)/b16-10-. The Hall–Kier alpha value is -3.42. The first kappa shape index (κ1) is 19.9. The Morgan fingerprint density at radius 2 is 1.85 bits per heavy atom. The summed E-state index contributed by atoms with van der Waals surface area (Å²) in [5, 5.41) is 9.31. The van der Waals surface area contributed by atoms with Crippen molar-refractivity contribution in [3.05, 3.63) is 53.0 Å². The third-order valence-electron chi connectivity index (χ3n) is 3.75. The van der Waals surface area contributed by atoms with Gasteiger partial charge in [0.25, 0.3) is 5.91 Å². The number of aryl methyl sites for hydroxylation is 2. The first-order chi connectivity index (χ1) is 12.8. The Morgan fingerprint density at radius 1 is 1.19 bits per heavy atom. The molecule has 0 bridgehead atoms. The van der Waals surface area contributed by atoms with Crippen molar-refractivity contribution in [3.63, 3.8) is 0 Å². The molecule has 0 saturated carbocycles. The molecule has 0 saturated heterocycles. The second-order valence-corrected chi connectivity index (χ2v) is 5.94. The highest BCUT2D eigenvalue weighted by Crippen LogP contribution is 2.18. The third-order valence-corrected chi connectivity index (χ3v) is 3.75. The van der Waals surface area contributed by atoms with Gasteiger partial charge >= 0.3 is 5.97 Å². The van der Waals surface area contributed by atoms with Gasteiger partial charge in [-0.3, -0.25) is 14.3 Å². The predicted octanol–water partition coefficient (Wildman–Crippen LogP) is 1.70. The molecule has 0 aliphatic heterocycles. The number of aromatic nitrogens is 2. The van der Waals surface area contributed by atoms with Crippen LogP contribution >= 0.6 is 0 Å². The second kappa shape index (κ2) is 8.79. The van der Waals surface area contributed by atoms with Crippen LogP contribution in [0.3, 0.4) is 0 Å². The molecular formula is C19H22N4O4. The molecule has 27 heavy (non-hydrogen) atoms. The second-order valence-electron chi connectivity index (χ2n) is 5.94. The smallest absolute Gasteiger partial charge is 0.355 e. The maximum Gasteiger partial charge on any atom is 0.355 e. The number of hydrogen-bond donors (Lipinski definition) is 2. The highest BCUT2D eigenvalue weighted by molar-refractivity contribution is 5.99. The maximum atomic E-state index is 12.3. The molecule has 0 unspecified atom stereocenters. The van der Waals surface area contributed by atoms with Crippen LogP contribution in [0.4, 0.5) is 5.69 Å². The molecule has 1 heterocycles. The highest BCUT2D eigenvalue weighted by Gasteiger charge is 2.17. The van der Waals surface area contributed by atoms with E-state index in [0.29, 0.717) is 16.9 Å². The number of carbonyl (C=O) groups excluding carboxylic acids is 3. The van der Waals surface area contributed by atoms with Crippen molar-refractivity contribution in [1.29, 1.82) is 0 Å². The zero-order valence-corrected chi connectivity index (χ0v) is 15.7. The summed E-state index contributed by atoms with van der Waals surface area (Å²) in [5.74, 6) is -1.71. The fourth-order valence-electron chi connectivity index (χ4n) is 2.39. The van der Waals surface area contributed by atoms with E-state index in [-0.39, 0.29) is 5.70 Å². The van der Waals surface area contributed by atoms with Crippen molar-refractivity contribution < 1.29 is 19.1 Å². The van der Waals surface area contributed by atoms with Crippen molar-refractivity contribution >= 4 is 29.5 Å². The summed E-state index contributed by atoms with van der Waals surface area (Å²) in [6.07, 6.45) is 1.48. The number of hydrogen-bond acceptors (Lipinski definition) is 5. The van der Waals surface area contributed by atoms with E-state index in [4.69, 9.17) is 4.74 Å². The van der Waals surface area contributed by atoms with E-state index in [9.17, 15) is 14.4 Å². The lowest BCUT2D eigenvalue weighted by Gasteiger charge is -2.10. The van der Waals surface area contributed by atoms with Crippen molar-refractivity contribution in [2.45, 2.75) is 20.8 Å². The molecule has 0 spiro atoms. The van der Waals surface area contributed by atoms with Gasteiger partial charge in [-0.05, 0) is 25.5 Å². The van der Waals surface area contributed by atoms with Gasteiger partial charge in [0.15, 0.2) is 6.61 Å². The molecule has 8 nitrogen and oxygen atoms in total. The summed E-state index contributed by atoms with van der Waals surface area (Å²) in [6, 6.07) is 8.98. The van der Waals surface area contributed by atoms with E-state index in [1.165, 1.54) is 13.0 Å². The van der Waals surface area contributed by atoms with Crippen molar-refractivity contribution in [1.82, 2.24) is 15.1 Å². The summed E-state index contributed by atoms with van der Waals surface area (Å²) in [5.41, 5.74) is 2.70. The Kier molecular flexibility index (Phi) is 6.48. The minimum absolute atomic E-state index is 0.0461. The van der Waals surface area contributed by atoms with Crippen molar-refractivity contribution in [2.75, 3.05) is 11.9 Å². The van der Waals surface area contributed by atoms with Crippen LogP contribution in [-0.4, -0.2) is 34.2 Å². The molecule has 1 aromatic carbocycles. The minimum Gasteiger partial charge on any atom is -0.451 e. The molecule has 2 N–H and O–H groups in total. The van der Waals surface area contributed by atoms with Gasteiger partial charge < -0.3 is 15.4 Å². The van der Waals surface area contributed by atoms with E-state index >= 15 is 0 Å². The van der Waals surface area contributed by atoms with Crippen LogP contribution in [0.2, 0.25) is 0 Å². The van der Waals surface area contributed by atoms with Crippen molar-refractivity contribution in [2.24, 2.45) is 7.05 Å². The first-order valence-electron chi connectivity index (χ1n) is 8.29. The number of benzene rings is 1. The summed E-state index contributed by atoms with van der Waals surface area (Å²) >= 11 is 0. The fraction of sp³-hybridized carbons (Fsp3) is 0.263. The molecule has 2 amide bonds. The van der Waals surface area contributed by atoms with E-state index in [2.05, 4.69) is 15.7 Å². The number of nitrogens with zero attached hydrogens (tertiary/aromatic N) is 2. The fourth-order valence-corrected chi connectivity index (χ4v) is 2.39. The molecule has 0 atom stereocenters. The van der Waals surface area contributed by atoms with E-state index in [1.54, 1.807) is 42.9 Å². The molecule has 1 aromatic heterocycles. The van der Waals surface area contributed by atoms with Crippen LogP contribution in [0.15, 0.2) is 36.0 Å². The number of nitrogens with one attached hydrogen (secondary N) is 2. The maximum absolute atomic E-state index is 12.3. The summed E-state index contributed by atoms with van der Waals surface area (Å²) in [4.78, 5) is 35.7. The lowest BCUT2D eigenvalue weighted by atomic mass is 10.2. The number of anilines is 1. The molecule has 2 rings (SSSR count). The van der Waals surface area contributed by atoms with Crippen LogP contribution < -0.4 is 10.6 Å². The van der Waals surface area contributed by atoms with Crippen LogP contribution in [0.25, 0.3) is 6.08 Å². The average molecular weight is 370 g/mol. The number of ether oxygens (including phenoxy) is 1. The SMILES string of the molecule is CC(=O)N/C(=C\c1ccccc1)C(=O)OCC(=O)Nc1c(C)nn(C)c1C. The summed E-state index contributed by atoms with van der Waals surface area (Å²) in [7, 11) is 1.77. The number of amides is 2. The van der Waals surface area contributed by atoms with Crippen LogP contribution in [0.5, 0.6) is 0 Å². The average Bonchev–Trinajstić information content (AvgIpc) is 2.86. The van der Waals surface area contributed by atoms with Gasteiger partial charge in [0.05, 0.1) is 17.1 Å². The number of esters is 1. The molecule has 0 fully saturated rings. The third kappa shape index (κ3) is 5.53. The quantitative estimate of drug-likeness (QED) is 0.595. The molecular weight excluding hydrogens is 348 g/mol. The van der Waals surface area contributed by atoms with E-state index in [0.717, 1.165) is 5.69 Å². The largest absolute Gasteiger partial charge is 0.451 e. The van der Waals surface area contributed by atoms with E-state index < -0.39 is 24.4 Å². The van der Waals surface area contributed by atoms with Gasteiger partial charge in [0.2, 0.25) is 5.91 Å².